The zero-order chi connectivity index (χ0) is 16.7. The van der Waals surface area contributed by atoms with Gasteiger partial charge in [-0.05, 0) is 40.1 Å². The number of rotatable bonds is 6. The van der Waals surface area contributed by atoms with Crippen molar-refractivity contribution in [3.05, 3.63) is 52.2 Å². The lowest BCUT2D eigenvalue weighted by Crippen LogP contribution is -2.37. The Hall–Kier alpha value is -1.42. The number of nitrogens with zero attached hydrogens (tertiary/aromatic N) is 2. The Kier molecular flexibility index (Phi) is 8.98. The van der Waals surface area contributed by atoms with Gasteiger partial charge in [0.25, 0.3) is 0 Å². The second-order valence-electron chi connectivity index (χ2n) is 4.91. The first kappa shape index (κ1) is 20.6. The number of aliphatic imine (C=N–C) groups is 1. The number of nitrogens with one attached hydrogen (secondary N) is 1. The highest BCUT2D eigenvalue weighted by atomic mass is 127. The Bertz CT molecular complexity index is 621. The van der Waals surface area contributed by atoms with E-state index in [1.807, 2.05) is 17.3 Å². The molecule has 0 amide bonds. The molecular formula is C16H20F2IN3OS. The summed E-state index contributed by atoms with van der Waals surface area (Å²) < 4.78 is 28.6. The van der Waals surface area contributed by atoms with Gasteiger partial charge in [0, 0.05) is 27.2 Å². The second-order valence-corrected chi connectivity index (χ2v) is 5.69. The first-order valence-electron chi connectivity index (χ1n) is 7.05. The minimum absolute atomic E-state index is 0. The number of hydrogen-bond donors (Lipinski definition) is 1. The van der Waals surface area contributed by atoms with Crippen LogP contribution in [0.3, 0.4) is 0 Å². The predicted octanol–water partition coefficient (Wildman–Crippen LogP) is 4.17. The van der Waals surface area contributed by atoms with Gasteiger partial charge in [0.05, 0.1) is 0 Å². The quantitative estimate of drug-likeness (QED) is 0.394. The third-order valence-electron chi connectivity index (χ3n) is 3.17. The fraction of sp³-hybridized carbons (Fsp3) is 0.312. The molecule has 0 fully saturated rings. The molecule has 0 bridgehead atoms. The van der Waals surface area contributed by atoms with E-state index in [1.165, 1.54) is 17.7 Å². The predicted molar refractivity (Wildman–Crippen MR) is 104 cm³/mol. The highest BCUT2D eigenvalue weighted by molar-refractivity contribution is 14.0. The summed E-state index contributed by atoms with van der Waals surface area (Å²) in [4.78, 5) is 6.22. The molecule has 1 N–H and O–H groups in total. The number of benzene rings is 1. The Morgan fingerprint density at radius 2 is 1.96 bits per heavy atom. The molecule has 0 spiro atoms. The standard InChI is InChI=1S/C16H19F2N3OS.HI/c1-19-16(20-9-13-7-8-23-11-13)21(2)10-12-3-5-14(6-4-12)22-15(17)18;/h3-8,11,15H,9-10H2,1-2H3,(H,19,20);1H. The van der Waals surface area contributed by atoms with Gasteiger partial charge >= 0.3 is 6.61 Å². The summed E-state index contributed by atoms with van der Waals surface area (Å²) in [6.07, 6.45) is 0. The Morgan fingerprint density at radius 3 is 2.50 bits per heavy atom. The number of halogens is 3. The van der Waals surface area contributed by atoms with E-state index in [-0.39, 0.29) is 29.7 Å². The fourth-order valence-corrected chi connectivity index (χ4v) is 2.75. The van der Waals surface area contributed by atoms with Crippen molar-refractivity contribution in [3.8, 4) is 5.75 Å². The lowest BCUT2D eigenvalue weighted by atomic mass is 10.2. The van der Waals surface area contributed by atoms with Crippen molar-refractivity contribution in [1.82, 2.24) is 10.2 Å². The number of alkyl halides is 2. The maximum Gasteiger partial charge on any atom is 0.387 e. The van der Waals surface area contributed by atoms with Crippen LogP contribution in [0.2, 0.25) is 0 Å². The largest absolute Gasteiger partial charge is 0.435 e. The van der Waals surface area contributed by atoms with E-state index < -0.39 is 6.61 Å². The fourth-order valence-electron chi connectivity index (χ4n) is 2.08. The molecule has 1 heterocycles. The van der Waals surface area contributed by atoms with Crippen molar-refractivity contribution in [2.75, 3.05) is 14.1 Å². The summed E-state index contributed by atoms with van der Waals surface area (Å²) in [5.41, 5.74) is 2.19. The molecule has 0 saturated carbocycles. The molecule has 8 heteroatoms. The summed E-state index contributed by atoms with van der Waals surface area (Å²) in [7, 11) is 3.65. The molecule has 132 valence electrons. The summed E-state index contributed by atoms with van der Waals surface area (Å²) in [6, 6.07) is 8.67. The number of guanidine groups is 1. The third kappa shape index (κ3) is 6.60. The van der Waals surface area contributed by atoms with Gasteiger partial charge in [0.1, 0.15) is 5.75 Å². The molecular weight excluding hydrogens is 447 g/mol. The van der Waals surface area contributed by atoms with Crippen LogP contribution in [0, 0.1) is 0 Å². The van der Waals surface area contributed by atoms with Gasteiger partial charge in [-0.3, -0.25) is 4.99 Å². The van der Waals surface area contributed by atoms with E-state index in [4.69, 9.17) is 0 Å². The van der Waals surface area contributed by atoms with Crippen LogP contribution in [0.15, 0.2) is 46.1 Å². The average Bonchev–Trinajstić information content (AvgIpc) is 3.03. The van der Waals surface area contributed by atoms with Gasteiger partial charge in [-0.25, -0.2) is 0 Å². The molecule has 2 rings (SSSR count). The molecule has 0 saturated heterocycles. The van der Waals surface area contributed by atoms with E-state index >= 15 is 0 Å². The summed E-state index contributed by atoms with van der Waals surface area (Å²) in [5, 5.41) is 7.41. The van der Waals surface area contributed by atoms with Gasteiger partial charge in [0.15, 0.2) is 5.96 Å². The summed E-state index contributed by atoms with van der Waals surface area (Å²) >= 11 is 1.66. The van der Waals surface area contributed by atoms with Crippen molar-refractivity contribution in [2.24, 2.45) is 4.99 Å². The molecule has 0 aliphatic heterocycles. The van der Waals surface area contributed by atoms with Crippen LogP contribution in [0.5, 0.6) is 5.75 Å². The van der Waals surface area contributed by atoms with Gasteiger partial charge in [0.2, 0.25) is 0 Å². The van der Waals surface area contributed by atoms with Crippen molar-refractivity contribution >= 4 is 41.3 Å². The maximum atomic E-state index is 12.1. The molecule has 1 aromatic heterocycles. The Labute approximate surface area is 161 Å². The zero-order valence-corrected chi connectivity index (χ0v) is 16.6. The first-order valence-corrected chi connectivity index (χ1v) is 7.99. The van der Waals surface area contributed by atoms with Gasteiger partial charge in [-0.1, -0.05) is 12.1 Å². The third-order valence-corrected chi connectivity index (χ3v) is 3.90. The average molecular weight is 467 g/mol. The van der Waals surface area contributed by atoms with Crippen molar-refractivity contribution < 1.29 is 13.5 Å². The van der Waals surface area contributed by atoms with Gasteiger partial charge < -0.3 is 15.0 Å². The Balaban J connectivity index is 0.00000288. The lowest BCUT2D eigenvalue weighted by molar-refractivity contribution is -0.0498. The van der Waals surface area contributed by atoms with E-state index in [0.717, 1.165) is 11.5 Å². The number of thiophene rings is 1. The number of ether oxygens (including phenoxy) is 1. The highest BCUT2D eigenvalue weighted by Crippen LogP contribution is 2.15. The monoisotopic (exact) mass is 467 g/mol. The maximum absolute atomic E-state index is 12.1. The molecule has 0 aliphatic carbocycles. The van der Waals surface area contributed by atoms with E-state index in [9.17, 15) is 8.78 Å². The van der Waals surface area contributed by atoms with Crippen LogP contribution >= 0.6 is 35.3 Å². The molecule has 1 aromatic carbocycles. The minimum Gasteiger partial charge on any atom is -0.435 e. The summed E-state index contributed by atoms with van der Waals surface area (Å²) in [6.45, 7) is -1.48. The van der Waals surface area contributed by atoms with Gasteiger partial charge in [-0.15, -0.1) is 24.0 Å². The molecule has 0 unspecified atom stereocenters. The van der Waals surface area contributed by atoms with Crippen molar-refractivity contribution in [3.63, 3.8) is 0 Å². The zero-order valence-electron chi connectivity index (χ0n) is 13.4. The normalized spacial score (nSPS) is 11.1. The SMILES string of the molecule is CN=C(NCc1ccsc1)N(C)Cc1ccc(OC(F)F)cc1.I. The first-order chi connectivity index (χ1) is 11.1. The van der Waals surface area contributed by atoms with Crippen LogP contribution in [0.25, 0.3) is 0 Å². The lowest BCUT2D eigenvalue weighted by Gasteiger charge is -2.22. The smallest absolute Gasteiger partial charge is 0.387 e. The number of hydrogen-bond acceptors (Lipinski definition) is 3. The van der Waals surface area contributed by atoms with E-state index in [1.54, 1.807) is 30.5 Å². The van der Waals surface area contributed by atoms with Crippen LogP contribution in [0.1, 0.15) is 11.1 Å². The van der Waals surface area contributed by atoms with Crippen LogP contribution in [-0.4, -0.2) is 31.6 Å². The van der Waals surface area contributed by atoms with Crippen molar-refractivity contribution in [1.29, 1.82) is 0 Å². The molecule has 2 aromatic rings. The molecule has 0 atom stereocenters. The Morgan fingerprint density at radius 1 is 1.25 bits per heavy atom. The summed E-state index contributed by atoms with van der Waals surface area (Å²) in [5.74, 6) is 0.926. The van der Waals surface area contributed by atoms with Crippen molar-refractivity contribution in [2.45, 2.75) is 19.7 Å². The molecule has 0 aliphatic rings. The van der Waals surface area contributed by atoms with Crippen LogP contribution < -0.4 is 10.1 Å². The van der Waals surface area contributed by atoms with E-state index in [2.05, 4.69) is 26.5 Å². The van der Waals surface area contributed by atoms with Crippen LogP contribution in [0.4, 0.5) is 8.78 Å². The molecule has 4 nitrogen and oxygen atoms in total. The van der Waals surface area contributed by atoms with Crippen LogP contribution in [-0.2, 0) is 13.1 Å². The van der Waals surface area contributed by atoms with Gasteiger partial charge in [-0.2, -0.15) is 20.1 Å². The topological polar surface area (TPSA) is 36.9 Å². The molecule has 24 heavy (non-hydrogen) atoms. The highest BCUT2D eigenvalue weighted by Gasteiger charge is 2.08. The minimum atomic E-state index is -2.80. The van der Waals surface area contributed by atoms with E-state index in [0.29, 0.717) is 13.1 Å². The molecule has 0 radical (unpaired) electrons. The second kappa shape index (κ2) is 10.4.